The lowest BCUT2D eigenvalue weighted by Crippen LogP contribution is -2.54. The summed E-state index contributed by atoms with van der Waals surface area (Å²) in [5.41, 5.74) is 6.03. The Morgan fingerprint density at radius 3 is 2.61 bits per heavy atom. The highest BCUT2D eigenvalue weighted by Crippen LogP contribution is 2.42. The first-order chi connectivity index (χ1) is 8.66. The minimum Gasteiger partial charge on any atom is -0.389 e. The lowest BCUT2D eigenvalue weighted by molar-refractivity contribution is -0.0855. The van der Waals surface area contributed by atoms with Crippen LogP contribution in [0.1, 0.15) is 25.3 Å². The van der Waals surface area contributed by atoms with Gasteiger partial charge in [-0.25, -0.2) is 0 Å². The first kappa shape index (κ1) is 13.5. The summed E-state index contributed by atoms with van der Waals surface area (Å²) in [6.07, 6.45) is 2.19. The molecule has 0 bridgehead atoms. The number of hydrogen-bond donors (Lipinski definition) is 2. The molecule has 3 heteroatoms. The van der Waals surface area contributed by atoms with E-state index in [2.05, 4.69) is 12.1 Å². The standard InChI is InChI=1S/C15H23NO2/c1-2-15(17,10-13-6-4-3-5-7-13)14(11-16)8-9-18-12-14/h3-7,17H,2,8-12,16H2,1H3. The summed E-state index contributed by atoms with van der Waals surface area (Å²) >= 11 is 0. The van der Waals surface area contributed by atoms with Crippen LogP contribution >= 0.6 is 0 Å². The summed E-state index contributed by atoms with van der Waals surface area (Å²) in [4.78, 5) is 0. The second-order valence-corrected chi connectivity index (χ2v) is 5.33. The molecule has 0 aromatic heterocycles. The Kier molecular flexibility index (Phi) is 4.05. The Labute approximate surface area is 109 Å². The topological polar surface area (TPSA) is 55.5 Å². The van der Waals surface area contributed by atoms with Crippen molar-refractivity contribution >= 4 is 0 Å². The zero-order valence-corrected chi connectivity index (χ0v) is 11.1. The van der Waals surface area contributed by atoms with E-state index >= 15 is 0 Å². The molecule has 0 radical (unpaired) electrons. The van der Waals surface area contributed by atoms with Crippen LogP contribution in [0.2, 0.25) is 0 Å². The zero-order valence-electron chi connectivity index (χ0n) is 11.1. The molecule has 3 nitrogen and oxygen atoms in total. The summed E-state index contributed by atoms with van der Waals surface area (Å²) in [6.45, 7) is 3.78. The van der Waals surface area contributed by atoms with Crippen molar-refractivity contribution in [2.24, 2.45) is 11.1 Å². The molecule has 0 spiro atoms. The van der Waals surface area contributed by atoms with E-state index < -0.39 is 5.60 Å². The molecular weight excluding hydrogens is 226 g/mol. The van der Waals surface area contributed by atoms with E-state index in [-0.39, 0.29) is 5.41 Å². The molecule has 2 atom stereocenters. The summed E-state index contributed by atoms with van der Waals surface area (Å²) in [6, 6.07) is 10.1. The maximum atomic E-state index is 11.1. The second kappa shape index (κ2) is 5.39. The van der Waals surface area contributed by atoms with Gasteiger partial charge in [0.15, 0.2) is 0 Å². The molecule has 1 fully saturated rings. The van der Waals surface area contributed by atoms with E-state index in [0.717, 1.165) is 12.0 Å². The lowest BCUT2D eigenvalue weighted by Gasteiger charge is -2.43. The second-order valence-electron chi connectivity index (χ2n) is 5.33. The van der Waals surface area contributed by atoms with Crippen LogP contribution in [0.4, 0.5) is 0 Å². The minimum atomic E-state index is -0.778. The summed E-state index contributed by atoms with van der Waals surface area (Å²) in [7, 11) is 0. The van der Waals surface area contributed by atoms with Crippen LogP contribution in [0.15, 0.2) is 30.3 Å². The maximum Gasteiger partial charge on any atom is 0.0776 e. The lowest BCUT2D eigenvalue weighted by atomic mass is 9.67. The maximum absolute atomic E-state index is 11.1. The van der Waals surface area contributed by atoms with Crippen LogP contribution in [0.25, 0.3) is 0 Å². The number of hydrogen-bond acceptors (Lipinski definition) is 3. The average Bonchev–Trinajstić information content (AvgIpc) is 2.90. The van der Waals surface area contributed by atoms with Gasteiger partial charge in [-0.3, -0.25) is 0 Å². The van der Waals surface area contributed by atoms with Crippen molar-refractivity contribution < 1.29 is 9.84 Å². The van der Waals surface area contributed by atoms with Crippen LogP contribution in [0, 0.1) is 5.41 Å². The predicted octanol–water partition coefficient (Wildman–Crippen LogP) is 1.74. The third-order valence-corrected chi connectivity index (χ3v) is 4.41. The zero-order chi connectivity index (χ0) is 13.1. The van der Waals surface area contributed by atoms with Gasteiger partial charge in [0.05, 0.1) is 12.2 Å². The largest absolute Gasteiger partial charge is 0.389 e. The monoisotopic (exact) mass is 249 g/mol. The molecule has 3 N–H and O–H groups in total. The van der Waals surface area contributed by atoms with Crippen molar-refractivity contribution in [3.8, 4) is 0 Å². The number of nitrogens with two attached hydrogens (primary N) is 1. The van der Waals surface area contributed by atoms with Crippen LogP contribution in [0.5, 0.6) is 0 Å². The quantitative estimate of drug-likeness (QED) is 0.835. The van der Waals surface area contributed by atoms with Gasteiger partial charge in [0.25, 0.3) is 0 Å². The van der Waals surface area contributed by atoms with Crippen molar-refractivity contribution in [3.05, 3.63) is 35.9 Å². The molecule has 100 valence electrons. The molecule has 18 heavy (non-hydrogen) atoms. The van der Waals surface area contributed by atoms with Gasteiger partial charge in [-0.1, -0.05) is 37.3 Å². The highest BCUT2D eigenvalue weighted by atomic mass is 16.5. The number of ether oxygens (including phenoxy) is 1. The summed E-state index contributed by atoms with van der Waals surface area (Å²) in [5.74, 6) is 0. The highest BCUT2D eigenvalue weighted by Gasteiger charge is 2.50. The molecule has 1 heterocycles. The Balaban J connectivity index is 2.24. The van der Waals surface area contributed by atoms with E-state index in [1.54, 1.807) is 0 Å². The Morgan fingerprint density at radius 2 is 2.11 bits per heavy atom. The van der Waals surface area contributed by atoms with Crippen molar-refractivity contribution in [2.45, 2.75) is 31.8 Å². The minimum absolute atomic E-state index is 0.294. The molecule has 1 aliphatic heterocycles. The Morgan fingerprint density at radius 1 is 1.39 bits per heavy atom. The molecule has 0 amide bonds. The van der Waals surface area contributed by atoms with E-state index in [4.69, 9.17) is 10.5 Å². The molecule has 1 aliphatic rings. The highest BCUT2D eigenvalue weighted by molar-refractivity contribution is 5.19. The van der Waals surface area contributed by atoms with Gasteiger partial charge in [0.1, 0.15) is 0 Å². The van der Waals surface area contributed by atoms with Gasteiger partial charge in [-0.05, 0) is 18.4 Å². The molecule has 1 aromatic rings. The first-order valence-corrected chi connectivity index (χ1v) is 6.70. The normalized spacial score (nSPS) is 27.1. The smallest absolute Gasteiger partial charge is 0.0776 e. The molecule has 0 saturated carbocycles. The van der Waals surface area contributed by atoms with E-state index in [1.807, 2.05) is 25.1 Å². The van der Waals surface area contributed by atoms with Crippen LogP contribution in [-0.4, -0.2) is 30.5 Å². The number of aliphatic hydroxyl groups is 1. The van der Waals surface area contributed by atoms with E-state index in [1.165, 1.54) is 0 Å². The fourth-order valence-electron chi connectivity index (χ4n) is 2.95. The van der Waals surface area contributed by atoms with Gasteiger partial charge in [0.2, 0.25) is 0 Å². The third-order valence-electron chi connectivity index (χ3n) is 4.41. The third kappa shape index (κ3) is 2.30. The van der Waals surface area contributed by atoms with E-state index in [0.29, 0.717) is 32.6 Å². The first-order valence-electron chi connectivity index (χ1n) is 6.70. The fourth-order valence-corrected chi connectivity index (χ4v) is 2.95. The van der Waals surface area contributed by atoms with Gasteiger partial charge in [0, 0.05) is 25.0 Å². The summed E-state index contributed by atoms with van der Waals surface area (Å²) in [5, 5.41) is 11.1. The predicted molar refractivity (Wildman–Crippen MR) is 72.3 cm³/mol. The van der Waals surface area contributed by atoms with Crippen molar-refractivity contribution in [1.29, 1.82) is 0 Å². The average molecular weight is 249 g/mol. The number of benzene rings is 1. The SMILES string of the molecule is CCC(O)(Cc1ccccc1)C1(CN)CCOC1. The molecule has 1 aromatic carbocycles. The molecule has 2 rings (SSSR count). The number of rotatable bonds is 5. The van der Waals surface area contributed by atoms with Crippen LogP contribution in [-0.2, 0) is 11.2 Å². The molecule has 1 saturated heterocycles. The van der Waals surface area contributed by atoms with E-state index in [9.17, 15) is 5.11 Å². The van der Waals surface area contributed by atoms with Gasteiger partial charge in [-0.15, -0.1) is 0 Å². The van der Waals surface area contributed by atoms with Crippen molar-refractivity contribution in [3.63, 3.8) is 0 Å². The van der Waals surface area contributed by atoms with Crippen molar-refractivity contribution in [2.75, 3.05) is 19.8 Å². The fraction of sp³-hybridized carbons (Fsp3) is 0.600. The van der Waals surface area contributed by atoms with Gasteiger partial charge in [-0.2, -0.15) is 0 Å². The van der Waals surface area contributed by atoms with Crippen LogP contribution in [0.3, 0.4) is 0 Å². The van der Waals surface area contributed by atoms with Crippen LogP contribution < -0.4 is 5.73 Å². The molecular formula is C15H23NO2. The Hall–Kier alpha value is -0.900. The van der Waals surface area contributed by atoms with Gasteiger partial charge < -0.3 is 15.6 Å². The molecule has 0 aliphatic carbocycles. The Bertz CT molecular complexity index is 373. The van der Waals surface area contributed by atoms with Crippen molar-refractivity contribution in [1.82, 2.24) is 0 Å². The molecule has 2 unspecified atom stereocenters. The van der Waals surface area contributed by atoms with Gasteiger partial charge >= 0.3 is 0 Å². The summed E-state index contributed by atoms with van der Waals surface area (Å²) < 4.78 is 5.50.